The molecule has 1 saturated carbocycles. The van der Waals surface area contributed by atoms with Gasteiger partial charge in [0, 0.05) is 29.4 Å². The molecule has 0 spiro atoms. The van der Waals surface area contributed by atoms with Crippen molar-refractivity contribution in [2.45, 2.75) is 44.2 Å². The number of hydrogen-bond donors (Lipinski definition) is 1. The molecule has 152 valence electrons. The molecule has 1 fully saturated rings. The average molecular weight is 421 g/mol. The highest BCUT2D eigenvalue weighted by Gasteiger charge is 2.26. The van der Waals surface area contributed by atoms with Crippen LogP contribution < -0.4 is 5.56 Å². The summed E-state index contributed by atoms with van der Waals surface area (Å²) in [6.07, 6.45) is 10.4. The summed E-state index contributed by atoms with van der Waals surface area (Å²) >= 11 is 5.92. The molecular weight excluding hydrogens is 400 g/mol. The molecule has 0 radical (unpaired) electrons. The number of aliphatic hydroxyl groups excluding tert-OH is 1. The fourth-order valence-electron chi connectivity index (χ4n) is 4.47. The van der Waals surface area contributed by atoms with Gasteiger partial charge in [0.2, 0.25) is 0 Å². The highest BCUT2D eigenvalue weighted by Crippen LogP contribution is 2.30. The van der Waals surface area contributed by atoms with Crippen molar-refractivity contribution in [3.8, 4) is 0 Å². The number of hydrogen-bond acceptors (Lipinski definition) is 5. The molecule has 7 heteroatoms. The molecule has 6 nitrogen and oxygen atoms in total. The van der Waals surface area contributed by atoms with E-state index in [2.05, 4.69) is 15.0 Å². The van der Waals surface area contributed by atoms with Crippen molar-refractivity contribution >= 4 is 33.3 Å². The third kappa shape index (κ3) is 3.36. The second kappa shape index (κ2) is 7.78. The Morgan fingerprint density at radius 2 is 1.93 bits per heavy atom. The van der Waals surface area contributed by atoms with E-state index in [4.69, 9.17) is 11.6 Å². The first-order valence-corrected chi connectivity index (χ1v) is 10.5. The molecule has 3 heterocycles. The molecule has 0 amide bonds. The van der Waals surface area contributed by atoms with E-state index < -0.39 is 6.10 Å². The van der Waals surface area contributed by atoms with E-state index in [0.29, 0.717) is 28.9 Å². The summed E-state index contributed by atoms with van der Waals surface area (Å²) in [5, 5.41) is 13.3. The second-order valence-corrected chi connectivity index (χ2v) is 8.28. The summed E-state index contributed by atoms with van der Waals surface area (Å²) in [6.45, 7) is 0. The number of pyridine rings is 2. The van der Waals surface area contributed by atoms with E-state index >= 15 is 0 Å². The van der Waals surface area contributed by atoms with Crippen LogP contribution >= 0.6 is 11.6 Å². The lowest BCUT2D eigenvalue weighted by molar-refractivity contribution is 0.0735. The Morgan fingerprint density at radius 1 is 1.07 bits per heavy atom. The molecule has 0 saturated heterocycles. The number of aromatic nitrogens is 4. The van der Waals surface area contributed by atoms with Gasteiger partial charge in [-0.1, -0.05) is 30.5 Å². The Bertz CT molecular complexity index is 1290. The Morgan fingerprint density at radius 3 is 2.73 bits per heavy atom. The topological polar surface area (TPSA) is 80.9 Å². The van der Waals surface area contributed by atoms with Crippen molar-refractivity contribution < 1.29 is 5.11 Å². The van der Waals surface area contributed by atoms with Gasteiger partial charge in [-0.2, -0.15) is 0 Å². The molecule has 1 aliphatic carbocycles. The minimum Gasteiger partial charge on any atom is -0.391 e. The first kappa shape index (κ1) is 19.2. The van der Waals surface area contributed by atoms with Gasteiger partial charge in [-0.25, -0.2) is 9.97 Å². The number of rotatable bonds is 3. The van der Waals surface area contributed by atoms with Crippen LogP contribution in [-0.2, 0) is 6.42 Å². The normalized spacial score (nSPS) is 19.4. The van der Waals surface area contributed by atoms with Crippen LogP contribution in [0.25, 0.3) is 21.7 Å². The van der Waals surface area contributed by atoms with Crippen LogP contribution in [0.2, 0.25) is 5.15 Å². The molecule has 5 rings (SSSR count). The van der Waals surface area contributed by atoms with E-state index in [0.717, 1.165) is 41.2 Å². The smallest absolute Gasteiger partial charge is 0.261 e. The van der Waals surface area contributed by atoms with Crippen LogP contribution in [0.15, 0.2) is 54.0 Å². The van der Waals surface area contributed by atoms with Gasteiger partial charge in [0.05, 0.1) is 29.4 Å². The van der Waals surface area contributed by atoms with Gasteiger partial charge in [-0.3, -0.25) is 14.3 Å². The lowest BCUT2D eigenvalue weighted by Gasteiger charge is -2.29. The average Bonchev–Trinajstić information content (AvgIpc) is 2.77. The van der Waals surface area contributed by atoms with Gasteiger partial charge in [0.25, 0.3) is 5.56 Å². The van der Waals surface area contributed by atoms with Crippen LogP contribution in [-0.4, -0.2) is 30.7 Å². The third-order valence-corrected chi connectivity index (χ3v) is 6.23. The van der Waals surface area contributed by atoms with Crippen molar-refractivity contribution in [1.82, 2.24) is 19.5 Å². The van der Waals surface area contributed by atoms with Crippen molar-refractivity contribution in [2.75, 3.05) is 0 Å². The van der Waals surface area contributed by atoms with Crippen LogP contribution in [0, 0.1) is 0 Å². The molecular formula is C23H21ClN4O2. The van der Waals surface area contributed by atoms with Gasteiger partial charge in [0.15, 0.2) is 0 Å². The van der Waals surface area contributed by atoms with Crippen LogP contribution in [0.4, 0.5) is 0 Å². The molecule has 1 N–H and O–H groups in total. The zero-order chi connectivity index (χ0) is 20.7. The number of halogens is 1. The van der Waals surface area contributed by atoms with Crippen molar-refractivity contribution in [2.24, 2.45) is 0 Å². The van der Waals surface area contributed by atoms with Crippen molar-refractivity contribution in [3.05, 3.63) is 75.8 Å². The van der Waals surface area contributed by atoms with Crippen LogP contribution in [0.3, 0.4) is 0 Å². The third-order valence-electron chi connectivity index (χ3n) is 6.01. The monoisotopic (exact) mass is 420 g/mol. The van der Waals surface area contributed by atoms with E-state index in [1.165, 1.54) is 0 Å². The van der Waals surface area contributed by atoms with Crippen molar-refractivity contribution in [3.63, 3.8) is 0 Å². The highest BCUT2D eigenvalue weighted by atomic mass is 35.5. The largest absolute Gasteiger partial charge is 0.391 e. The summed E-state index contributed by atoms with van der Waals surface area (Å²) in [5.41, 5.74) is 2.53. The van der Waals surface area contributed by atoms with Gasteiger partial charge >= 0.3 is 0 Å². The highest BCUT2D eigenvalue weighted by molar-refractivity contribution is 6.29. The van der Waals surface area contributed by atoms with Crippen LogP contribution in [0.1, 0.15) is 42.9 Å². The Kier molecular flexibility index (Phi) is 4.97. The summed E-state index contributed by atoms with van der Waals surface area (Å²) < 4.78 is 1.62. The zero-order valence-electron chi connectivity index (χ0n) is 16.3. The fourth-order valence-corrected chi connectivity index (χ4v) is 4.58. The number of nitrogens with zero attached hydrogens (tertiary/aromatic N) is 4. The van der Waals surface area contributed by atoms with Crippen molar-refractivity contribution in [1.29, 1.82) is 0 Å². The lowest BCUT2D eigenvalue weighted by atomic mass is 9.92. The Labute approximate surface area is 178 Å². The Balaban J connectivity index is 1.70. The summed E-state index contributed by atoms with van der Waals surface area (Å²) in [5.74, 6) is 0. The number of benzene rings is 1. The van der Waals surface area contributed by atoms with Gasteiger partial charge in [0.1, 0.15) is 5.15 Å². The van der Waals surface area contributed by atoms with E-state index in [-0.39, 0.29) is 11.6 Å². The fraction of sp³-hybridized carbons (Fsp3) is 0.304. The van der Waals surface area contributed by atoms with Gasteiger partial charge < -0.3 is 5.11 Å². The molecule has 2 atom stereocenters. The first-order valence-electron chi connectivity index (χ1n) is 10.2. The lowest BCUT2D eigenvalue weighted by Crippen LogP contribution is -2.34. The number of aliphatic hydroxyl groups is 1. The number of fused-ring (bicyclic) bond motifs is 3. The maximum absolute atomic E-state index is 13.4. The van der Waals surface area contributed by atoms with E-state index in [1.54, 1.807) is 29.4 Å². The maximum Gasteiger partial charge on any atom is 0.261 e. The van der Waals surface area contributed by atoms with Gasteiger partial charge in [-0.15, -0.1) is 0 Å². The summed E-state index contributed by atoms with van der Waals surface area (Å²) in [4.78, 5) is 26.5. The van der Waals surface area contributed by atoms with Crippen LogP contribution in [0.5, 0.6) is 0 Å². The summed E-state index contributed by atoms with van der Waals surface area (Å²) in [6, 6.07) is 7.28. The molecule has 2 unspecified atom stereocenters. The summed E-state index contributed by atoms with van der Waals surface area (Å²) in [7, 11) is 0. The second-order valence-electron chi connectivity index (χ2n) is 7.90. The molecule has 3 aromatic heterocycles. The minimum absolute atomic E-state index is 0.111. The predicted molar refractivity (Wildman–Crippen MR) is 117 cm³/mol. The zero-order valence-corrected chi connectivity index (χ0v) is 17.1. The first-order chi connectivity index (χ1) is 14.6. The molecule has 4 aromatic rings. The molecule has 0 bridgehead atoms. The standard InChI is InChI=1S/C23H21ClN4O2/c24-21-6-5-14(11-26-21)9-15-10-17-22(16-7-8-25-12-18(15)16)27-13-28(23(17)30)19-3-1-2-4-20(19)29/h5-8,10-13,19-20,29H,1-4,9H2. The molecule has 0 aliphatic heterocycles. The van der Waals surface area contributed by atoms with Gasteiger partial charge in [-0.05, 0) is 48.6 Å². The molecule has 1 aliphatic rings. The van der Waals surface area contributed by atoms with E-state index in [9.17, 15) is 9.90 Å². The molecule has 30 heavy (non-hydrogen) atoms. The molecule has 1 aromatic carbocycles. The minimum atomic E-state index is -0.514. The van der Waals surface area contributed by atoms with E-state index in [1.807, 2.05) is 24.4 Å². The maximum atomic E-state index is 13.4. The SMILES string of the molecule is O=c1c2cc(Cc3ccc(Cl)nc3)c3cnccc3c2ncn1C1CCCCC1O. The predicted octanol–water partition coefficient (Wildman–Crippen LogP) is 4.06. The quantitative estimate of drug-likeness (QED) is 0.399. The Hall–Kier alpha value is -2.83.